The van der Waals surface area contributed by atoms with Crippen LogP contribution in [0.25, 0.3) is 0 Å². The summed E-state index contributed by atoms with van der Waals surface area (Å²) >= 11 is 27.3. The van der Waals surface area contributed by atoms with Crippen LogP contribution in [-0.2, 0) is 27.2 Å². The summed E-state index contributed by atoms with van der Waals surface area (Å²) < 4.78 is 5.36. The van der Waals surface area contributed by atoms with E-state index < -0.39 is 24.0 Å². The molecule has 0 fully saturated rings. The molecule has 0 saturated heterocycles. The van der Waals surface area contributed by atoms with Gasteiger partial charge in [-0.3, -0.25) is 4.79 Å². The first kappa shape index (κ1) is 34.5. The Morgan fingerprint density at radius 2 is 1.57 bits per heavy atom. The van der Waals surface area contributed by atoms with Crippen LogP contribution in [0.15, 0.2) is 46.2 Å². The van der Waals surface area contributed by atoms with E-state index in [9.17, 15) is 9.59 Å². The summed E-state index contributed by atoms with van der Waals surface area (Å²) in [5.41, 5.74) is 7.85. The van der Waals surface area contributed by atoms with Gasteiger partial charge >= 0.3 is 5.97 Å². The van der Waals surface area contributed by atoms with Gasteiger partial charge in [0, 0.05) is 49.5 Å². The molecule has 37 heavy (non-hydrogen) atoms. The molecule has 206 valence electrons. The van der Waals surface area contributed by atoms with Gasteiger partial charge < -0.3 is 15.8 Å². The second-order valence-corrected chi connectivity index (χ2v) is 12.1. The number of halogens is 5. The van der Waals surface area contributed by atoms with Crippen molar-refractivity contribution in [1.82, 2.24) is 5.32 Å². The molecule has 12 heteroatoms. The van der Waals surface area contributed by atoms with Gasteiger partial charge in [0.15, 0.2) is 0 Å². The Balaban J connectivity index is 0.00000684. The first-order valence-corrected chi connectivity index (χ1v) is 15.1. The number of amides is 1. The molecule has 0 heterocycles. The Kier molecular flexibility index (Phi) is 16.8. The van der Waals surface area contributed by atoms with Crippen LogP contribution in [0, 0.1) is 0 Å². The zero-order chi connectivity index (χ0) is 26.7. The van der Waals surface area contributed by atoms with Gasteiger partial charge in [-0.1, -0.05) is 29.3 Å². The lowest BCUT2D eigenvalue weighted by atomic mass is 10.0. The molecular weight excluding hydrogens is 618 g/mol. The Bertz CT molecular complexity index is 1000. The molecule has 0 saturated carbocycles. The van der Waals surface area contributed by atoms with Crippen molar-refractivity contribution in [3.63, 3.8) is 0 Å². The lowest BCUT2D eigenvalue weighted by molar-refractivity contribution is -0.151. The molecule has 2 atom stereocenters. The molecule has 0 spiro atoms. The lowest BCUT2D eigenvalue weighted by Crippen LogP contribution is -2.50. The van der Waals surface area contributed by atoms with Crippen molar-refractivity contribution in [2.24, 2.45) is 5.73 Å². The number of thioether (sulfide) groups is 2. The normalized spacial score (nSPS) is 12.5. The van der Waals surface area contributed by atoms with Crippen molar-refractivity contribution in [1.29, 1.82) is 0 Å². The summed E-state index contributed by atoms with van der Waals surface area (Å²) in [6, 6.07) is 9.25. The largest absolute Gasteiger partial charge is 0.461 e. The standard InChI is InChI=1S/C25H30Cl4N2O3S2.ClH/c1-15(2)34-25(33)23(12-17-3-4-18(28)13-21(17)29)31-24(32)22(30)11-16-9-19(35-7-5-26)14-20(10-16)36-8-6-27;/h3-4,9-10,13-15,22-23H,5-8,11-12,30H2,1-2H3,(H,31,32);1H/t22-,23-;/m0./s1. The SMILES string of the molecule is CC(C)OC(=O)[C@H](Cc1ccc(Cl)cc1Cl)NC(=O)[C@@H](N)Cc1cc(SCCCl)cc(SCCCl)c1.Cl. The van der Waals surface area contributed by atoms with E-state index in [0.717, 1.165) is 26.9 Å². The maximum atomic E-state index is 13.0. The zero-order valence-corrected chi connectivity index (χ0v) is 26.0. The topological polar surface area (TPSA) is 81.4 Å². The molecule has 0 aromatic heterocycles. The van der Waals surface area contributed by atoms with Crippen molar-refractivity contribution in [3.05, 3.63) is 57.6 Å². The fourth-order valence-electron chi connectivity index (χ4n) is 3.27. The summed E-state index contributed by atoms with van der Waals surface area (Å²) in [5.74, 6) is 1.59. The minimum absolute atomic E-state index is 0. The number of esters is 1. The first-order chi connectivity index (χ1) is 17.1. The molecule has 2 aromatic carbocycles. The molecule has 2 rings (SSSR count). The number of benzene rings is 2. The fraction of sp³-hybridized carbons (Fsp3) is 0.440. The molecule has 0 aliphatic carbocycles. The minimum atomic E-state index is -0.954. The molecule has 0 radical (unpaired) electrons. The quantitative estimate of drug-likeness (QED) is 0.136. The maximum absolute atomic E-state index is 13.0. The number of hydrogen-bond donors (Lipinski definition) is 2. The van der Waals surface area contributed by atoms with Crippen LogP contribution in [0.4, 0.5) is 0 Å². The van der Waals surface area contributed by atoms with Crippen molar-refractivity contribution in [3.8, 4) is 0 Å². The predicted octanol–water partition coefficient (Wildman–Crippen LogP) is 6.63. The van der Waals surface area contributed by atoms with Crippen molar-refractivity contribution >= 4 is 94.2 Å². The van der Waals surface area contributed by atoms with E-state index in [4.69, 9.17) is 56.9 Å². The second kappa shape index (κ2) is 18.0. The monoisotopic (exact) mass is 646 g/mol. The van der Waals surface area contributed by atoms with E-state index in [1.54, 1.807) is 55.6 Å². The van der Waals surface area contributed by atoms with Crippen LogP contribution >= 0.6 is 82.3 Å². The highest BCUT2D eigenvalue weighted by atomic mass is 35.5. The summed E-state index contributed by atoms with van der Waals surface area (Å²) in [6.07, 6.45) is 0.0934. The molecule has 5 nitrogen and oxygen atoms in total. The molecule has 2 aromatic rings. The first-order valence-electron chi connectivity index (χ1n) is 11.3. The molecule has 1 amide bonds. The predicted molar refractivity (Wildman–Crippen MR) is 162 cm³/mol. The summed E-state index contributed by atoms with van der Waals surface area (Å²) in [6.45, 7) is 3.49. The minimum Gasteiger partial charge on any atom is -0.461 e. The number of carbonyl (C=O) groups excluding carboxylic acids is 2. The summed E-state index contributed by atoms with van der Waals surface area (Å²) in [5, 5.41) is 3.63. The molecule has 0 aliphatic rings. The Morgan fingerprint density at radius 1 is 0.973 bits per heavy atom. The van der Waals surface area contributed by atoms with Gasteiger partial charge in [0.2, 0.25) is 5.91 Å². The number of hydrogen-bond acceptors (Lipinski definition) is 6. The Hall–Kier alpha value is -0.510. The number of ether oxygens (including phenoxy) is 1. The molecule has 0 aliphatic heterocycles. The average Bonchev–Trinajstić information content (AvgIpc) is 2.81. The van der Waals surface area contributed by atoms with Crippen molar-refractivity contribution in [2.45, 2.75) is 54.7 Å². The van der Waals surface area contributed by atoms with E-state index in [0.29, 0.717) is 33.8 Å². The summed E-state index contributed by atoms with van der Waals surface area (Å²) in [7, 11) is 0. The van der Waals surface area contributed by atoms with Crippen molar-refractivity contribution < 1.29 is 14.3 Å². The molecule has 0 bridgehead atoms. The summed E-state index contributed by atoms with van der Waals surface area (Å²) in [4.78, 5) is 27.9. The third kappa shape index (κ3) is 12.5. The third-order valence-corrected chi connectivity index (χ3v) is 8.18. The van der Waals surface area contributed by atoms with E-state index in [-0.39, 0.29) is 24.9 Å². The number of carbonyl (C=O) groups is 2. The maximum Gasteiger partial charge on any atom is 0.329 e. The van der Waals surface area contributed by atoms with Crippen LogP contribution in [0.1, 0.15) is 25.0 Å². The smallest absolute Gasteiger partial charge is 0.329 e. The lowest BCUT2D eigenvalue weighted by Gasteiger charge is -2.22. The van der Waals surface area contributed by atoms with Gasteiger partial charge in [0.05, 0.1) is 12.1 Å². The van der Waals surface area contributed by atoms with Crippen molar-refractivity contribution in [2.75, 3.05) is 23.3 Å². The van der Waals surface area contributed by atoms with Gasteiger partial charge in [-0.05, 0) is 61.7 Å². The number of rotatable bonds is 14. The van der Waals surface area contributed by atoms with Gasteiger partial charge in [-0.25, -0.2) is 4.79 Å². The van der Waals surface area contributed by atoms with Crippen LogP contribution in [0.3, 0.4) is 0 Å². The van der Waals surface area contributed by atoms with E-state index >= 15 is 0 Å². The number of alkyl halides is 2. The Morgan fingerprint density at radius 3 is 2.08 bits per heavy atom. The van der Waals surface area contributed by atoms with E-state index in [1.807, 2.05) is 12.1 Å². The van der Waals surface area contributed by atoms with Gasteiger partial charge in [0.1, 0.15) is 6.04 Å². The van der Waals surface area contributed by atoms with Gasteiger partial charge in [0.25, 0.3) is 0 Å². The highest BCUT2D eigenvalue weighted by Gasteiger charge is 2.27. The third-order valence-electron chi connectivity index (χ3n) is 4.82. The van der Waals surface area contributed by atoms with Crippen LogP contribution < -0.4 is 11.1 Å². The van der Waals surface area contributed by atoms with Crippen LogP contribution in [0.2, 0.25) is 10.0 Å². The zero-order valence-electron chi connectivity index (χ0n) is 20.5. The fourth-order valence-corrected chi connectivity index (χ4v) is 5.81. The number of nitrogens with one attached hydrogen (secondary N) is 1. The van der Waals surface area contributed by atoms with E-state index in [2.05, 4.69) is 11.4 Å². The Labute approximate surface area is 253 Å². The highest BCUT2D eigenvalue weighted by Crippen LogP contribution is 2.28. The van der Waals surface area contributed by atoms with E-state index in [1.165, 1.54) is 0 Å². The van der Waals surface area contributed by atoms with Gasteiger partial charge in [-0.2, -0.15) is 0 Å². The highest BCUT2D eigenvalue weighted by molar-refractivity contribution is 8.00. The average molecular weight is 649 g/mol. The van der Waals surface area contributed by atoms with Gasteiger partial charge in [-0.15, -0.1) is 59.1 Å². The molecule has 0 unspecified atom stereocenters. The molecule has 3 N–H and O–H groups in total. The van der Waals surface area contributed by atoms with Crippen LogP contribution in [-0.4, -0.2) is 53.3 Å². The second-order valence-electron chi connectivity index (χ2n) is 8.18. The molecular formula is C25H31Cl5N2O3S2. The number of nitrogens with two attached hydrogens (primary N) is 1. The van der Waals surface area contributed by atoms with Crippen LogP contribution in [0.5, 0.6) is 0 Å².